The molecule has 0 radical (unpaired) electrons. The van der Waals surface area contributed by atoms with Crippen molar-refractivity contribution in [3.8, 4) is 5.75 Å². The van der Waals surface area contributed by atoms with Gasteiger partial charge in [-0.2, -0.15) is 0 Å². The number of nitrogens with zero attached hydrogens (tertiary/aromatic N) is 1. The lowest BCUT2D eigenvalue weighted by Crippen LogP contribution is -2.47. The fraction of sp³-hybridized carbons (Fsp3) is 0.533. The number of ether oxygens (including phenoxy) is 1. The lowest BCUT2D eigenvalue weighted by molar-refractivity contribution is -0.139. The number of carbonyl (C=O) groups excluding carboxylic acids is 1. The van der Waals surface area contributed by atoms with E-state index >= 15 is 0 Å². The van der Waals surface area contributed by atoms with Gasteiger partial charge in [0, 0.05) is 19.1 Å². The number of rotatable bonds is 3. The van der Waals surface area contributed by atoms with E-state index in [1.165, 1.54) is 0 Å². The van der Waals surface area contributed by atoms with E-state index in [9.17, 15) is 4.79 Å². The van der Waals surface area contributed by atoms with Crippen molar-refractivity contribution in [3.63, 3.8) is 0 Å². The molecule has 20 heavy (non-hydrogen) atoms. The smallest absolute Gasteiger partial charge is 0.263 e. The molecule has 4 nitrogen and oxygen atoms in total. The molecule has 1 amide bonds. The molecule has 5 heteroatoms. The van der Waals surface area contributed by atoms with Crippen LogP contribution in [-0.4, -0.2) is 36.0 Å². The Bertz CT molecular complexity index is 485. The van der Waals surface area contributed by atoms with Crippen molar-refractivity contribution in [1.82, 2.24) is 4.90 Å². The molecule has 0 aromatic heterocycles. The zero-order valence-corrected chi connectivity index (χ0v) is 12.7. The first kappa shape index (κ1) is 15.1. The van der Waals surface area contributed by atoms with Gasteiger partial charge >= 0.3 is 0 Å². The number of hydrogen-bond donors (Lipinski definition) is 1. The van der Waals surface area contributed by atoms with Crippen LogP contribution in [0, 0.1) is 6.92 Å². The number of benzene rings is 1. The van der Waals surface area contributed by atoms with Crippen LogP contribution in [0.5, 0.6) is 5.75 Å². The van der Waals surface area contributed by atoms with Crippen molar-refractivity contribution >= 4 is 17.5 Å². The fourth-order valence-electron chi connectivity index (χ4n) is 2.32. The quantitative estimate of drug-likeness (QED) is 0.931. The lowest BCUT2D eigenvalue weighted by atomic mass is 10.1. The summed E-state index contributed by atoms with van der Waals surface area (Å²) in [6.07, 6.45) is 1.16. The third kappa shape index (κ3) is 3.64. The molecule has 1 atom stereocenters. The van der Waals surface area contributed by atoms with E-state index in [0.29, 0.717) is 23.9 Å². The molecule has 0 saturated carbocycles. The second-order valence-corrected chi connectivity index (χ2v) is 5.76. The van der Waals surface area contributed by atoms with Crippen LogP contribution in [0.1, 0.15) is 25.3 Å². The monoisotopic (exact) mass is 296 g/mol. The van der Waals surface area contributed by atoms with Gasteiger partial charge in [-0.1, -0.05) is 17.7 Å². The minimum atomic E-state index is -0.538. The summed E-state index contributed by atoms with van der Waals surface area (Å²) in [6.45, 7) is 5.13. The predicted molar refractivity (Wildman–Crippen MR) is 80.1 cm³/mol. The summed E-state index contributed by atoms with van der Waals surface area (Å²) < 4.78 is 5.71. The van der Waals surface area contributed by atoms with Crippen LogP contribution in [0.4, 0.5) is 0 Å². The van der Waals surface area contributed by atoms with Gasteiger partial charge in [0.2, 0.25) is 0 Å². The highest BCUT2D eigenvalue weighted by Crippen LogP contribution is 2.26. The maximum atomic E-state index is 12.3. The summed E-state index contributed by atoms with van der Waals surface area (Å²) in [5, 5.41) is 0.524. The molecule has 2 N–H and O–H groups in total. The van der Waals surface area contributed by atoms with Gasteiger partial charge in [-0.3, -0.25) is 4.79 Å². The van der Waals surface area contributed by atoms with Crippen molar-refractivity contribution in [3.05, 3.63) is 28.8 Å². The molecule has 0 aliphatic carbocycles. The van der Waals surface area contributed by atoms with Gasteiger partial charge in [-0.05, 0) is 44.4 Å². The molecule has 1 saturated heterocycles. The summed E-state index contributed by atoms with van der Waals surface area (Å²) in [4.78, 5) is 14.1. The molecule has 2 rings (SSSR count). The molecular formula is C15H21ClN2O2. The first-order valence-electron chi connectivity index (χ1n) is 6.94. The normalized spacial score (nSPS) is 17.9. The van der Waals surface area contributed by atoms with Crippen LogP contribution in [-0.2, 0) is 4.79 Å². The maximum absolute atomic E-state index is 12.3. The second kappa shape index (κ2) is 6.46. The van der Waals surface area contributed by atoms with Gasteiger partial charge in [-0.25, -0.2) is 0 Å². The molecule has 0 spiro atoms. The molecule has 1 aliphatic rings. The maximum Gasteiger partial charge on any atom is 0.263 e. The Kier molecular flexibility index (Phi) is 4.89. The van der Waals surface area contributed by atoms with E-state index in [2.05, 4.69) is 0 Å². The van der Waals surface area contributed by atoms with E-state index in [1.54, 1.807) is 13.0 Å². The van der Waals surface area contributed by atoms with Crippen molar-refractivity contribution < 1.29 is 9.53 Å². The zero-order valence-electron chi connectivity index (χ0n) is 11.9. The highest BCUT2D eigenvalue weighted by molar-refractivity contribution is 6.32. The van der Waals surface area contributed by atoms with Crippen molar-refractivity contribution in [1.29, 1.82) is 0 Å². The predicted octanol–water partition coefficient (Wildman–Crippen LogP) is 2.37. The molecule has 1 heterocycles. The van der Waals surface area contributed by atoms with Gasteiger partial charge < -0.3 is 15.4 Å². The standard InChI is InChI=1S/C15H21ClN2O2/c1-10-3-4-13(16)14(9-10)20-11(2)15(19)18-7-5-12(17)6-8-18/h3-4,9,11-12H,5-8,17H2,1-2H3. The average Bonchev–Trinajstić information content (AvgIpc) is 2.43. The molecule has 1 unspecified atom stereocenters. The molecule has 0 bridgehead atoms. The molecular weight excluding hydrogens is 276 g/mol. The number of halogens is 1. The molecule has 1 aromatic rings. The average molecular weight is 297 g/mol. The van der Waals surface area contributed by atoms with E-state index in [0.717, 1.165) is 18.4 Å². The highest BCUT2D eigenvalue weighted by atomic mass is 35.5. The number of nitrogens with two attached hydrogens (primary N) is 1. The zero-order chi connectivity index (χ0) is 14.7. The third-order valence-electron chi connectivity index (χ3n) is 3.59. The van der Waals surface area contributed by atoms with Gasteiger partial charge in [0.1, 0.15) is 5.75 Å². The molecule has 1 fully saturated rings. The van der Waals surface area contributed by atoms with Crippen LogP contribution in [0.25, 0.3) is 0 Å². The lowest BCUT2D eigenvalue weighted by Gasteiger charge is -2.32. The van der Waals surface area contributed by atoms with E-state index < -0.39 is 6.10 Å². The Morgan fingerprint density at radius 3 is 2.75 bits per heavy atom. The fourth-order valence-corrected chi connectivity index (χ4v) is 2.48. The Hall–Kier alpha value is -1.26. The number of amides is 1. The Labute approximate surface area is 124 Å². The Morgan fingerprint density at radius 1 is 1.45 bits per heavy atom. The molecule has 1 aromatic carbocycles. The van der Waals surface area contributed by atoms with Gasteiger partial charge in [0.25, 0.3) is 5.91 Å². The summed E-state index contributed by atoms with van der Waals surface area (Å²) in [6, 6.07) is 5.75. The summed E-state index contributed by atoms with van der Waals surface area (Å²) in [7, 11) is 0. The van der Waals surface area contributed by atoms with Crippen molar-refractivity contribution in [2.45, 2.75) is 38.8 Å². The largest absolute Gasteiger partial charge is 0.479 e. The number of hydrogen-bond acceptors (Lipinski definition) is 3. The molecule has 110 valence electrons. The Balaban J connectivity index is 1.98. The van der Waals surface area contributed by atoms with Crippen LogP contribution in [0.15, 0.2) is 18.2 Å². The van der Waals surface area contributed by atoms with Crippen molar-refractivity contribution in [2.24, 2.45) is 5.73 Å². The van der Waals surface area contributed by atoms with Gasteiger partial charge in [0.05, 0.1) is 5.02 Å². The Morgan fingerprint density at radius 2 is 2.10 bits per heavy atom. The van der Waals surface area contributed by atoms with E-state index in [-0.39, 0.29) is 11.9 Å². The van der Waals surface area contributed by atoms with Crippen molar-refractivity contribution in [2.75, 3.05) is 13.1 Å². The van der Waals surface area contributed by atoms with Crippen LogP contribution in [0.2, 0.25) is 5.02 Å². The van der Waals surface area contributed by atoms with E-state index in [1.807, 2.05) is 24.0 Å². The number of carbonyl (C=O) groups is 1. The van der Waals surface area contributed by atoms with Crippen LogP contribution >= 0.6 is 11.6 Å². The summed E-state index contributed by atoms with van der Waals surface area (Å²) in [5.41, 5.74) is 6.90. The topological polar surface area (TPSA) is 55.6 Å². The second-order valence-electron chi connectivity index (χ2n) is 5.36. The number of aryl methyl sites for hydroxylation is 1. The first-order valence-corrected chi connectivity index (χ1v) is 7.32. The first-order chi connectivity index (χ1) is 9.47. The molecule has 1 aliphatic heterocycles. The summed E-state index contributed by atoms with van der Waals surface area (Å²) in [5.74, 6) is 0.552. The van der Waals surface area contributed by atoms with Crippen LogP contribution < -0.4 is 10.5 Å². The highest BCUT2D eigenvalue weighted by Gasteiger charge is 2.26. The summed E-state index contributed by atoms with van der Waals surface area (Å²) >= 11 is 6.08. The van der Waals surface area contributed by atoms with Gasteiger partial charge in [-0.15, -0.1) is 0 Å². The number of piperidine rings is 1. The number of likely N-dealkylation sites (tertiary alicyclic amines) is 1. The third-order valence-corrected chi connectivity index (χ3v) is 3.90. The SMILES string of the molecule is Cc1ccc(Cl)c(OC(C)C(=O)N2CCC(N)CC2)c1. The van der Waals surface area contributed by atoms with Gasteiger partial charge in [0.15, 0.2) is 6.10 Å². The minimum absolute atomic E-state index is 0.00512. The van der Waals surface area contributed by atoms with Crippen LogP contribution in [0.3, 0.4) is 0 Å². The van der Waals surface area contributed by atoms with E-state index in [4.69, 9.17) is 22.1 Å². The minimum Gasteiger partial charge on any atom is -0.479 e.